The first-order valence-electron chi connectivity index (χ1n) is 9.65. The molecule has 0 saturated carbocycles. The lowest BCUT2D eigenvalue weighted by atomic mass is 9.96. The Bertz CT molecular complexity index is 941. The second-order valence-corrected chi connectivity index (χ2v) is 6.88. The molecule has 1 amide bonds. The minimum absolute atomic E-state index is 0.0114. The van der Waals surface area contributed by atoms with E-state index in [-0.39, 0.29) is 11.8 Å². The van der Waals surface area contributed by atoms with Crippen LogP contribution in [-0.2, 0) is 0 Å². The fraction of sp³-hybridized carbons (Fsp3) is 0.364. The Hall–Kier alpha value is -3.02. The lowest BCUT2D eigenvalue weighted by Gasteiger charge is -2.30. The van der Waals surface area contributed by atoms with Crippen LogP contribution in [0, 0.1) is 0 Å². The molecular weight excluding hydrogens is 356 g/mol. The third-order valence-electron chi connectivity index (χ3n) is 5.15. The highest BCUT2D eigenvalue weighted by atomic mass is 16.5. The van der Waals surface area contributed by atoms with Crippen LogP contribution in [0.15, 0.2) is 46.9 Å². The van der Waals surface area contributed by atoms with Crippen molar-refractivity contribution in [2.24, 2.45) is 0 Å². The van der Waals surface area contributed by atoms with Crippen LogP contribution in [-0.4, -0.2) is 42.6 Å². The van der Waals surface area contributed by atoms with E-state index in [1.165, 1.54) is 0 Å². The van der Waals surface area contributed by atoms with Crippen LogP contribution in [0.4, 0.5) is 0 Å². The first-order chi connectivity index (χ1) is 13.7. The van der Waals surface area contributed by atoms with Crippen molar-refractivity contribution in [3.05, 3.63) is 53.9 Å². The van der Waals surface area contributed by atoms with Crippen molar-refractivity contribution in [3.63, 3.8) is 0 Å². The molecule has 0 unspecified atom stereocenters. The van der Waals surface area contributed by atoms with Gasteiger partial charge in [0.25, 0.3) is 5.91 Å². The summed E-state index contributed by atoms with van der Waals surface area (Å²) in [6.07, 6.45) is 1.68. The molecule has 1 aliphatic rings. The van der Waals surface area contributed by atoms with Crippen LogP contribution in [0.1, 0.15) is 41.9 Å². The number of nitrogens with zero attached hydrogens (tertiary/aromatic N) is 2. The van der Waals surface area contributed by atoms with Gasteiger partial charge in [0.15, 0.2) is 23.0 Å². The zero-order valence-corrected chi connectivity index (χ0v) is 16.2. The third kappa shape index (κ3) is 3.54. The number of fused-ring (bicyclic) bond motifs is 1. The number of benzene rings is 2. The van der Waals surface area contributed by atoms with E-state index < -0.39 is 0 Å². The number of oxazole rings is 1. The number of amides is 1. The van der Waals surface area contributed by atoms with E-state index in [0.717, 1.165) is 29.8 Å². The van der Waals surface area contributed by atoms with Gasteiger partial charge in [-0.25, -0.2) is 4.98 Å². The van der Waals surface area contributed by atoms with E-state index in [1.807, 2.05) is 36.1 Å². The minimum atomic E-state index is 0.0114. The summed E-state index contributed by atoms with van der Waals surface area (Å²) >= 11 is 0. The second-order valence-electron chi connectivity index (χ2n) is 6.88. The Labute approximate surface area is 164 Å². The predicted octanol–water partition coefficient (Wildman–Crippen LogP) is 4.25. The molecule has 0 radical (unpaired) electrons. The maximum absolute atomic E-state index is 12.9. The average Bonchev–Trinajstić information content (AvgIpc) is 3.18. The topological polar surface area (TPSA) is 64.8 Å². The molecular formula is C22H24N2O4. The minimum Gasteiger partial charge on any atom is -0.493 e. The standard InChI is InChI=1S/C22H24N2O4/c1-3-27-19-9-8-16(14-20(19)26-2)22(25)24-12-10-15(11-13-24)21-23-17-6-4-5-7-18(17)28-21/h4-9,14-15H,3,10-13H2,1-2H3. The first-order valence-corrected chi connectivity index (χ1v) is 9.65. The van der Waals surface area contributed by atoms with Crippen LogP contribution >= 0.6 is 0 Å². The van der Waals surface area contributed by atoms with Gasteiger partial charge in [-0.15, -0.1) is 0 Å². The second kappa shape index (κ2) is 7.92. The Kier molecular flexibility index (Phi) is 5.19. The zero-order chi connectivity index (χ0) is 19.5. The average molecular weight is 380 g/mol. The SMILES string of the molecule is CCOc1ccc(C(=O)N2CCC(c3nc4ccccc4o3)CC2)cc1OC. The van der Waals surface area contributed by atoms with E-state index in [9.17, 15) is 4.79 Å². The van der Waals surface area contributed by atoms with Gasteiger partial charge in [0.1, 0.15) is 5.52 Å². The Morgan fingerprint density at radius 1 is 1.18 bits per heavy atom. The quantitative estimate of drug-likeness (QED) is 0.662. The van der Waals surface area contributed by atoms with Crippen LogP contribution < -0.4 is 9.47 Å². The van der Waals surface area contributed by atoms with Crippen molar-refractivity contribution in [1.29, 1.82) is 0 Å². The molecule has 28 heavy (non-hydrogen) atoms. The molecule has 3 aromatic rings. The van der Waals surface area contributed by atoms with Gasteiger partial charge < -0.3 is 18.8 Å². The monoisotopic (exact) mass is 380 g/mol. The van der Waals surface area contributed by atoms with Crippen LogP contribution in [0.2, 0.25) is 0 Å². The third-order valence-corrected chi connectivity index (χ3v) is 5.15. The van der Waals surface area contributed by atoms with Crippen LogP contribution in [0.3, 0.4) is 0 Å². The largest absolute Gasteiger partial charge is 0.493 e. The molecule has 1 aliphatic heterocycles. The highest BCUT2D eigenvalue weighted by Gasteiger charge is 2.28. The van der Waals surface area contributed by atoms with Gasteiger partial charge in [-0.3, -0.25) is 4.79 Å². The predicted molar refractivity (Wildman–Crippen MR) is 106 cm³/mol. The normalized spacial score (nSPS) is 15.0. The van der Waals surface area contributed by atoms with Crippen molar-refractivity contribution in [3.8, 4) is 11.5 Å². The zero-order valence-electron chi connectivity index (χ0n) is 16.2. The summed E-state index contributed by atoms with van der Waals surface area (Å²) in [5.74, 6) is 2.25. The maximum Gasteiger partial charge on any atom is 0.253 e. The highest BCUT2D eigenvalue weighted by molar-refractivity contribution is 5.95. The lowest BCUT2D eigenvalue weighted by molar-refractivity contribution is 0.0706. The van der Waals surface area contributed by atoms with Crippen molar-refractivity contribution >= 4 is 17.0 Å². The molecule has 0 spiro atoms. The van der Waals surface area contributed by atoms with Crippen molar-refractivity contribution < 1.29 is 18.7 Å². The van der Waals surface area contributed by atoms with Crippen LogP contribution in [0.25, 0.3) is 11.1 Å². The number of rotatable bonds is 5. The Morgan fingerprint density at radius 2 is 1.96 bits per heavy atom. The number of carbonyl (C=O) groups excluding carboxylic acids is 1. The molecule has 0 aliphatic carbocycles. The number of methoxy groups -OCH3 is 1. The summed E-state index contributed by atoms with van der Waals surface area (Å²) < 4.78 is 16.8. The highest BCUT2D eigenvalue weighted by Crippen LogP contribution is 2.32. The van der Waals surface area contributed by atoms with Gasteiger partial charge >= 0.3 is 0 Å². The maximum atomic E-state index is 12.9. The van der Waals surface area contributed by atoms with Crippen LogP contribution in [0.5, 0.6) is 11.5 Å². The van der Waals surface area contributed by atoms with Crippen molar-refractivity contribution in [1.82, 2.24) is 9.88 Å². The van der Waals surface area contributed by atoms with E-state index in [2.05, 4.69) is 4.98 Å². The van der Waals surface area contributed by atoms with Gasteiger partial charge in [0.2, 0.25) is 0 Å². The molecule has 4 rings (SSSR count). The number of ether oxygens (including phenoxy) is 2. The van der Waals surface area contributed by atoms with Gasteiger partial charge in [0, 0.05) is 24.6 Å². The molecule has 1 saturated heterocycles. The molecule has 0 bridgehead atoms. The smallest absolute Gasteiger partial charge is 0.253 e. The van der Waals surface area contributed by atoms with Gasteiger partial charge in [-0.2, -0.15) is 0 Å². The number of hydrogen-bond donors (Lipinski definition) is 0. The van der Waals surface area contributed by atoms with E-state index in [1.54, 1.807) is 25.3 Å². The fourth-order valence-corrected chi connectivity index (χ4v) is 3.65. The van der Waals surface area contributed by atoms with Crippen molar-refractivity contribution in [2.75, 3.05) is 26.8 Å². The molecule has 0 N–H and O–H groups in total. The summed E-state index contributed by atoms with van der Waals surface area (Å²) in [6, 6.07) is 13.1. The van der Waals surface area contributed by atoms with Gasteiger partial charge in [-0.1, -0.05) is 12.1 Å². The molecule has 146 valence electrons. The van der Waals surface area contributed by atoms with Crippen molar-refractivity contribution in [2.45, 2.75) is 25.7 Å². The molecule has 1 fully saturated rings. The molecule has 0 atom stereocenters. The summed E-state index contributed by atoms with van der Waals surface area (Å²) in [5.41, 5.74) is 2.32. The fourth-order valence-electron chi connectivity index (χ4n) is 3.65. The summed E-state index contributed by atoms with van der Waals surface area (Å²) in [6.45, 7) is 3.82. The van der Waals surface area contributed by atoms with Gasteiger partial charge in [0.05, 0.1) is 13.7 Å². The van der Waals surface area contributed by atoms with E-state index in [4.69, 9.17) is 13.9 Å². The Balaban J connectivity index is 1.43. The molecule has 1 aromatic heterocycles. The first kappa shape index (κ1) is 18.3. The summed E-state index contributed by atoms with van der Waals surface area (Å²) in [7, 11) is 1.58. The molecule has 6 nitrogen and oxygen atoms in total. The molecule has 6 heteroatoms. The number of likely N-dealkylation sites (tertiary alicyclic amines) is 1. The van der Waals surface area contributed by atoms with E-state index in [0.29, 0.717) is 36.8 Å². The number of para-hydroxylation sites is 2. The summed E-state index contributed by atoms with van der Waals surface area (Å²) in [4.78, 5) is 19.4. The number of piperidine rings is 1. The Morgan fingerprint density at radius 3 is 2.68 bits per heavy atom. The molecule has 2 aromatic carbocycles. The summed E-state index contributed by atoms with van der Waals surface area (Å²) in [5, 5.41) is 0. The number of aromatic nitrogens is 1. The molecule has 2 heterocycles. The number of hydrogen-bond acceptors (Lipinski definition) is 5. The number of carbonyl (C=O) groups is 1. The lowest BCUT2D eigenvalue weighted by Crippen LogP contribution is -2.38. The van der Waals surface area contributed by atoms with E-state index >= 15 is 0 Å². The van der Waals surface area contributed by atoms with Gasteiger partial charge in [-0.05, 0) is 50.1 Å².